The molecule has 0 radical (unpaired) electrons. The van der Waals surface area contributed by atoms with Gasteiger partial charge in [0.1, 0.15) is 35.1 Å². The number of hydrogen-bond acceptors (Lipinski definition) is 7. The molecular weight excluding hydrogens is 625 g/mol. The minimum absolute atomic E-state index is 0.0326. The predicted octanol–water partition coefficient (Wildman–Crippen LogP) is 4.09. The topological polar surface area (TPSA) is 155 Å². The van der Waals surface area contributed by atoms with E-state index in [1.54, 1.807) is 26.8 Å². The second kappa shape index (κ2) is 12.9. The molecule has 258 valence electrons. The fraction of sp³-hybridized carbons (Fsp3) is 0.656. The zero-order valence-corrected chi connectivity index (χ0v) is 26.7. The summed E-state index contributed by atoms with van der Waals surface area (Å²) in [6.45, 7) is 4.62. The third kappa shape index (κ3) is 7.75. The number of halogens is 3. The number of rotatable bonds is 3. The van der Waals surface area contributed by atoms with E-state index in [0.29, 0.717) is 11.1 Å². The van der Waals surface area contributed by atoms with E-state index in [0.717, 1.165) is 4.90 Å². The minimum atomic E-state index is -3.09. The molecule has 5 rings (SSSR count). The SMILES string of the molecule is CC(C)(C)OC(=O)N[C@H]1CCCC(F)(F)CCC[C@@H]2C[C@@]2(C(=O)O)NC(=O)[C@@H]2C[C@@H](OC(=O)N3Cc4cccc(F)c4C3)CN2C1=O. The number of hydrogen-bond donors (Lipinski definition) is 3. The molecule has 1 aliphatic carbocycles. The normalized spacial score (nSPS) is 29.3. The number of amides is 4. The van der Waals surface area contributed by atoms with Crippen LogP contribution in [0.5, 0.6) is 0 Å². The van der Waals surface area contributed by atoms with Crippen LogP contribution in [0.15, 0.2) is 18.2 Å². The van der Waals surface area contributed by atoms with Gasteiger partial charge in [-0.2, -0.15) is 0 Å². The zero-order valence-electron chi connectivity index (χ0n) is 26.7. The number of nitrogens with one attached hydrogen (secondary N) is 2. The van der Waals surface area contributed by atoms with E-state index < -0.39 is 89.8 Å². The van der Waals surface area contributed by atoms with Gasteiger partial charge in [0.15, 0.2) is 0 Å². The molecule has 0 bridgehead atoms. The van der Waals surface area contributed by atoms with E-state index in [-0.39, 0.29) is 58.2 Å². The summed E-state index contributed by atoms with van der Waals surface area (Å²) in [5, 5.41) is 15.0. The van der Waals surface area contributed by atoms with Crippen molar-refractivity contribution in [3.63, 3.8) is 0 Å². The van der Waals surface area contributed by atoms with Gasteiger partial charge in [-0.25, -0.2) is 27.6 Å². The average Bonchev–Trinajstić information content (AvgIpc) is 3.27. The number of nitrogens with zero attached hydrogens (tertiary/aromatic N) is 2. The van der Waals surface area contributed by atoms with Crippen LogP contribution in [0.3, 0.4) is 0 Å². The van der Waals surface area contributed by atoms with Gasteiger partial charge in [0.2, 0.25) is 17.7 Å². The molecule has 1 aromatic rings. The van der Waals surface area contributed by atoms with E-state index in [2.05, 4.69) is 10.6 Å². The molecule has 1 aromatic carbocycles. The molecule has 2 saturated heterocycles. The maximum atomic E-state index is 14.8. The third-order valence-electron chi connectivity index (χ3n) is 9.25. The molecule has 47 heavy (non-hydrogen) atoms. The molecule has 15 heteroatoms. The van der Waals surface area contributed by atoms with Gasteiger partial charge in [-0.05, 0) is 70.4 Å². The maximum absolute atomic E-state index is 14.8. The van der Waals surface area contributed by atoms with Crippen molar-refractivity contribution < 1.29 is 51.7 Å². The molecule has 0 unspecified atom stereocenters. The van der Waals surface area contributed by atoms with Gasteiger partial charge in [-0.3, -0.25) is 14.5 Å². The molecule has 0 aromatic heterocycles. The van der Waals surface area contributed by atoms with Crippen molar-refractivity contribution in [1.82, 2.24) is 20.4 Å². The number of carboxylic acids is 1. The molecule has 0 spiro atoms. The minimum Gasteiger partial charge on any atom is -0.479 e. The number of alkyl halides is 2. The largest absolute Gasteiger partial charge is 0.479 e. The molecule has 4 aliphatic rings. The lowest BCUT2D eigenvalue weighted by atomic mass is 10.00. The molecule has 3 aliphatic heterocycles. The van der Waals surface area contributed by atoms with Crippen molar-refractivity contribution in [3.8, 4) is 0 Å². The lowest BCUT2D eigenvalue weighted by Gasteiger charge is -2.30. The standard InChI is InChI=1S/C32H41F3N4O8/c1-30(2,3)47-28(44)36-23-10-6-12-31(34,35)11-5-8-19-14-32(19,27(42)43)37-25(40)24-13-20(16-39(24)26(23)41)46-29(45)38-15-18-7-4-9-22(33)21(18)17-38/h4,7,9,19-20,23-24H,5-6,8,10-17H2,1-3H3,(H,36,44)(H,37,40)(H,42,43)/t19-,20-,23+,24+,32-/m1/s1. The number of carboxylic acid groups (broad SMARTS) is 1. The summed E-state index contributed by atoms with van der Waals surface area (Å²) < 4.78 is 54.8. The van der Waals surface area contributed by atoms with Crippen LogP contribution in [0.1, 0.15) is 83.3 Å². The third-order valence-corrected chi connectivity index (χ3v) is 9.25. The molecule has 3 fully saturated rings. The summed E-state index contributed by atoms with van der Waals surface area (Å²) in [6, 6.07) is 1.86. The number of carbonyl (C=O) groups excluding carboxylic acids is 4. The molecular formula is C32H41F3N4O8. The van der Waals surface area contributed by atoms with E-state index in [9.17, 15) is 42.3 Å². The highest BCUT2D eigenvalue weighted by Crippen LogP contribution is 2.48. The molecule has 4 amide bonds. The fourth-order valence-corrected chi connectivity index (χ4v) is 6.76. The first-order chi connectivity index (χ1) is 22.0. The van der Waals surface area contributed by atoms with Gasteiger partial charge in [-0.1, -0.05) is 12.1 Å². The van der Waals surface area contributed by atoms with Crippen LogP contribution in [-0.2, 0) is 36.9 Å². The number of benzene rings is 1. The Morgan fingerprint density at radius 1 is 1.09 bits per heavy atom. The van der Waals surface area contributed by atoms with Gasteiger partial charge in [0.25, 0.3) is 0 Å². The predicted molar refractivity (Wildman–Crippen MR) is 158 cm³/mol. The highest BCUT2D eigenvalue weighted by Gasteiger charge is 2.62. The fourth-order valence-electron chi connectivity index (χ4n) is 6.76. The summed E-state index contributed by atoms with van der Waals surface area (Å²) in [5.74, 6) is -7.01. The molecule has 12 nitrogen and oxygen atoms in total. The molecule has 3 N–H and O–H groups in total. The van der Waals surface area contributed by atoms with Gasteiger partial charge in [0.05, 0.1) is 13.1 Å². The summed E-state index contributed by atoms with van der Waals surface area (Å²) in [4.78, 5) is 68.3. The van der Waals surface area contributed by atoms with E-state index in [4.69, 9.17) is 9.47 Å². The second-order valence-electron chi connectivity index (χ2n) is 14.0. The van der Waals surface area contributed by atoms with Crippen LogP contribution in [0, 0.1) is 11.7 Å². The molecule has 1 saturated carbocycles. The highest BCUT2D eigenvalue weighted by atomic mass is 19.3. The van der Waals surface area contributed by atoms with Gasteiger partial charge >= 0.3 is 18.2 Å². The van der Waals surface area contributed by atoms with Crippen molar-refractivity contribution in [2.24, 2.45) is 5.92 Å². The van der Waals surface area contributed by atoms with Crippen LogP contribution in [0.25, 0.3) is 0 Å². The smallest absolute Gasteiger partial charge is 0.410 e. The van der Waals surface area contributed by atoms with E-state index in [1.807, 2.05) is 0 Å². The first-order valence-corrected chi connectivity index (χ1v) is 15.9. The van der Waals surface area contributed by atoms with Gasteiger partial charge < -0.3 is 30.1 Å². The Balaban J connectivity index is 1.39. The molecule has 5 atom stereocenters. The Kier molecular flexibility index (Phi) is 9.39. The zero-order chi connectivity index (χ0) is 34.3. The summed E-state index contributed by atoms with van der Waals surface area (Å²) in [7, 11) is 0. The number of carbonyl (C=O) groups is 5. The monoisotopic (exact) mass is 666 g/mol. The lowest BCUT2D eigenvalue weighted by Crippen LogP contribution is -2.56. The van der Waals surface area contributed by atoms with Crippen molar-refractivity contribution >= 4 is 30.0 Å². The number of fused-ring (bicyclic) bond motifs is 3. The van der Waals surface area contributed by atoms with Crippen LogP contribution >= 0.6 is 0 Å². The van der Waals surface area contributed by atoms with Crippen molar-refractivity contribution in [3.05, 3.63) is 35.1 Å². The summed E-state index contributed by atoms with van der Waals surface area (Å²) in [6.07, 6.45) is -4.09. The van der Waals surface area contributed by atoms with Crippen molar-refractivity contribution in [2.75, 3.05) is 6.54 Å². The Labute approximate surface area is 270 Å². The summed E-state index contributed by atoms with van der Waals surface area (Å²) in [5.41, 5.74) is -1.62. The van der Waals surface area contributed by atoms with E-state index in [1.165, 1.54) is 17.0 Å². The second-order valence-corrected chi connectivity index (χ2v) is 14.0. The number of alkyl carbamates (subject to hydrolysis) is 1. The Bertz CT molecular complexity index is 1440. The van der Waals surface area contributed by atoms with Crippen LogP contribution in [0.4, 0.5) is 22.8 Å². The summed E-state index contributed by atoms with van der Waals surface area (Å²) >= 11 is 0. The van der Waals surface area contributed by atoms with Crippen LogP contribution < -0.4 is 10.6 Å². The number of aliphatic carboxylic acids is 1. The maximum Gasteiger partial charge on any atom is 0.410 e. The number of ether oxygens (including phenoxy) is 2. The average molecular weight is 667 g/mol. The van der Waals surface area contributed by atoms with E-state index >= 15 is 0 Å². The van der Waals surface area contributed by atoms with Gasteiger partial charge in [-0.15, -0.1) is 0 Å². The lowest BCUT2D eigenvalue weighted by molar-refractivity contribution is -0.146. The van der Waals surface area contributed by atoms with Gasteiger partial charge in [0, 0.05) is 31.4 Å². The first kappa shape index (κ1) is 34.3. The van der Waals surface area contributed by atoms with Crippen molar-refractivity contribution in [2.45, 2.75) is 120 Å². The molecule has 3 heterocycles. The van der Waals surface area contributed by atoms with Crippen molar-refractivity contribution in [1.29, 1.82) is 0 Å². The highest BCUT2D eigenvalue weighted by molar-refractivity contribution is 5.96. The Hall–Kier alpha value is -4.04. The van der Waals surface area contributed by atoms with Crippen LogP contribution in [0.2, 0.25) is 0 Å². The Morgan fingerprint density at radius 3 is 2.45 bits per heavy atom. The first-order valence-electron chi connectivity index (χ1n) is 15.9. The quantitative estimate of drug-likeness (QED) is 0.436. The Morgan fingerprint density at radius 2 is 1.79 bits per heavy atom. The van der Waals surface area contributed by atoms with Crippen LogP contribution in [-0.4, -0.2) is 86.7 Å².